The number of hydrogen-bond acceptors (Lipinski definition) is 3. The van der Waals surface area contributed by atoms with Crippen molar-refractivity contribution in [1.29, 1.82) is 0 Å². The van der Waals surface area contributed by atoms with Gasteiger partial charge in [0.05, 0.1) is 6.61 Å². The van der Waals surface area contributed by atoms with Crippen LogP contribution >= 0.6 is 0 Å². The predicted octanol–water partition coefficient (Wildman–Crippen LogP) is 3.85. The lowest BCUT2D eigenvalue weighted by Crippen LogP contribution is -2.39. The van der Waals surface area contributed by atoms with Crippen molar-refractivity contribution in [2.24, 2.45) is 5.41 Å². The molecule has 1 aliphatic rings. The zero-order valence-electron chi connectivity index (χ0n) is 14.1. The largest absolute Gasteiger partial charge is 0.465 e. The predicted molar refractivity (Wildman–Crippen MR) is 86.9 cm³/mol. The van der Waals surface area contributed by atoms with E-state index >= 15 is 0 Å². The molecule has 1 saturated carbocycles. The van der Waals surface area contributed by atoms with E-state index in [1.54, 1.807) is 6.92 Å². The average Bonchev–Trinajstić information content (AvgIpc) is 2.93. The van der Waals surface area contributed by atoms with Gasteiger partial charge in [-0.15, -0.1) is 0 Å². The lowest BCUT2D eigenvalue weighted by molar-refractivity contribution is -0.159. The van der Waals surface area contributed by atoms with Crippen LogP contribution in [-0.2, 0) is 20.7 Å². The molecule has 1 aliphatic carbocycles. The Labute approximate surface area is 133 Å². The molecule has 0 radical (unpaired) electrons. The summed E-state index contributed by atoms with van der Waals surface area (Å²) in [5.74, 6) is -0.293. The third-order valence-corrected chi connectivity index (χ3v) is 4.83. The van der Waals surface area contributed by atoms with E-state index in [0.29, 0.717) is 25.9 Å². The molecule has 0 heterocycles. The minimum atomic E-state index is -0.903. The number of carbonyl (C=O) groups excluding carboxylic acids is 2. The van der Waals surface area contributed by atoms with Crippen molar-refractivity contribution in [1.82, 2.24) is 0 Å². The lowest BCUT2D eigenvalue weighted by atomic mass is 9.78. The summed E-state index contributed by atoms with van der Waals surface area (Å²) in [6.45, 7) is 8.25. The Kier molecular flexibility index (Phi) is 5.05. The summed E-state index contributed by atoms with van der Waals surface area (Å²) in [5.41, 5.74) is 3.61. The fourth-order valence-corrected chi connectivity index (χ4v) is 3.66. The first-order valence-electron chi connectivity index (χ1n) is 8.18. The molecule has 3 heteroatoms. The molecule has 0 N–H and O–H groups in total. The number of aryl methyl sites for hydroxylation is 3. The highest BCUT2D eigenvalue weighted by molar-refractivity contribution is 6.05. The van der Waals surface area contributed by atoms with Gasteiger partial charge in [-0.1, -0.05) is 30.5 Å². The quantitative estimate of drug-likeness (QED) is 0.613. The maximum Gasteiger partial charge on any atom is 0.319 e. The minimum Gasteiger partial charge on any atom is -0.465 e. The molecule has 0 amide bonds. The number of rotatable bonds is 5. The van der Waals surface area contributed by atoms with Crippen LogP contribution in [0.1, 0.15) is 54.9 Å². The van der Waals surface area contributed by atoms with Gasteiger partial charge in [-0.2, -0.15) is 0 Å². The second kappa shape index (κ2) is 6.64. The van der Waals surface area contributed by atoms with E-state index in [9.17, 15) is 9.59 Å². The van der Waals surface area contributed by atoms with E-state index < -0.39 is 5.41 Å². The SMILES string of the molecule is CCOC(=O)C1(C(=O)Cc2c(C)cc(C)cc2C)CCCC1. The van der Waals surface area contributed by atoms with Gasteiger partial charge < -0.3 is 4.74 Å². The molecule has 1 aromatic rings. The molecule has 0 aromatic heterocycles. The monoisotopic (exact) mass is 302 g/mol. The zero-order chi connectivity index (χ0) is 16.3. The van der Waals surface area contributed by atoms with Crippen LogP contribution in [0.5, 0.6) is 0 Å². The van der Waals surface area contributed by atoms with Gasteiger partial charge in [0.15, 0.2) is 5.78 Å². The van der Waals surface area contributed by atoms with Crippen molar-refractivity contribution >= 4 is 11.8 Å². The number of benzene rings is 1. The Morgan fingerprint density at radius 1 is 1.09 bits per heavy atom. The van der Waals surface area contributed by atoms with E-state index in [0.717, 1.165) is 29.5 Å². The first kappa shape index (κ1) is 16.7. The third-order valence-electron chi connectivity index (χ3n) is 4.83. The Morgan fingerprint density at radius 3 is 2.14 bits per heavy atom. The molecule has 0 spiro atoms. The molecule has 120 valence electrons. The highest BCUT2D eigenvalue weighted by atomic mass is 16.5. The molecule has 1 fully saturated rings. The van der Waals surface area contributed by atoms with Crippen LogP contribution in [0, 0.1) is 26.2 Å². The summed E-state index contributed by atoms with van der Waals surface area (Å²) in [5, 5.41) is 0. The lowest BCUT2D eigenvalue weighted by Gasteiger charge is -2.25. The normalized spacial score (nSPS) is 16.5. The van der Waals surface area contributed by atoms with E-state index in [1.165, 1.54) is 5.56 Å². The summed E-state index contributed by atoms with van der Waals surface area (Å²) in [7, 11) is 0. The van der Waals surface area contributed by atoms with Crippen LogP contribution in [0.15, 0.2) is 12.1 Å². The molecule has 22 heavy (non-hydrogen) atoms. The van der Waals surface area contributed by atoms with Crippen molar-refractivity contribution in [3.8, 4) is 0 Å². The number of ether oxygens (including phenoxy) is 1. The van der Waals surface area contributed by atoms with E-state index in [4.69, 9.17) is 4.74 Å². The van der Waals surface area contributed by atoms with E-state index in [1.807, 2.05) is 13.8 Å². The molecule has 3 nitrogen and oxygen atoms in total. The van der Waals surface area contributed by atoms with Crippen molar-refractivity contribution in [3.63, 3.8) is 0 Å². The topological polar surface area (TPSA) is 43.4 Å². The standard InChI is InChI=1S/C19H26O3/c1-5-22-18(21)19(8-6-7-9-19)17(20)12-16-14(3)10-13(2)11-15(16)4/h10-11H,5-9,12H2,1-4H3. The summed E-state index contributed by atoms with van der Waals surface area (Å²) >= 11 is 0. The zero-order valence-corrected chi connectivity index (χ0v) is 14.1. The smallest absolute Gasteiger partial charge is 0.319 e. The van der Waals surface area contributed by atoms with Crippen molar-refractivity contribution < 1.29 is 14.3 Å². The van der Waals surface area contributed by atoms with Crippen LogP contribution < -0.4 is 0 Å². The minimum absolute atomic E-state index is 0.0264. The number of ketones is 1. The summed E-state index contributed by atoms with van der Waals surface area (Å²) < 4.78 is 5.21. The fourth-order valence-electron chi connectivity index (χ4n) is 3.66. The molecular weight excluding hydrogens is 276 g/mol. The van der Waals surface area contributed by atoms with Gasteiger partial charge in [0.25, 0.3) is 0 Å². The molecule has 0 atom stereocenters. The van der Waals surface area contributed by atoms with Crippen LogP contribution in [-0.4, -0.2) is 18.4 Å². The molecule has 0 unspecified atom stereocenters. The van der Waals surface area contributed by atoms with Gasteiger partial charge in [0.1, 0.15) is 5.41 Å². The second-order valence-electron chi connectivity index (χ2n) is 6.49. The van der Waals surface area contributed by atoms with Crippen molar-refractivity contribution in [2.75, 3.05) is 6.61 Å². The molecule has 0 saturated heterocycles. The van der Waals surface area contributed by atoms with Gasteiger partial charge in [-0.25, -0.2) is 0 Å². The van der Waals surface area contributed by atoms with Crippen LogP contribution in [0.3, 0.4) is 0 Å². The van der Waals surface area contributed by atoms with Crippen LogP contribution in [0.2, 0.25) is 0 Å². The number of hydrogen-bond donors (Lipinski definition) is 0. The molecule has 0 bridgehead atoms. The second-order valence-corrected chi connectivity index (χ2v) is 6.49. The van der Waals surface area contributed by atoms with Crippen LogP contribution in [0.25, 0.3) is 0 Å². The number of Topliss-reactive ketones (excluding diaryl/α,β-unsaturated/α-hetero) is 1. The summed E-state index contributed by atoms with van der Waals surface area (Å²) in [4.78, 5) is 25.3. The Morgan fingerprint density at radius 2 is 1.64 bits per heavy atom. The Hall–Kier alpha value is -1.64. The Balaban J connectivity index is 2.28. The van der Waals surface area contributed by atoms with Gasteiger partial charge >= 0.3 is 5.97 Å². The van der Waals surface area contributed by atoms with Crippen molar-refractivity contribution in [2.45, 2.75) is 59.8 Å². The van der Waals surface area contributed by atoms with Crippen molar-refractivity contribution in [3.05, 3.63) is 34.4 Å². The van der Waals surface area contributed by atoms with Gasteiger partial charge in [-0.3, -0.25) is 9.59 Å². The molecule has 1 aromatic carbocycles. The molecule has 0 aliphatic heterocycles. The highest BCUT2D eigenvalue weighted by Crippen LogP contribution is 2.41. The van der Waals surface area contributed by atoms with E-state index in [-0.39, 0.29) is 11.8 Å². The van der Waals surface area contributed by atoms with Crippen LogP contribution in [0.4, 0.5) is 0 Å². The first-order valence-corrected chi connectivity index (χ1v) is 8.18. The Bertz CT molecular complexity index is 557. The highest BCUT2D eigenvalue weighted by Gasteiger charge is 2.48. The van der Waals surface area contributed by atoms with Gasteiger partial charge in [0, 0.05) is 6.42 Å². The van der Waals surface area contributed by atoms with Gasteiger partial charge in [-0.05, 0) is 57.2 Å². The fraction of sp³-hybridized carbons (Fsp3) is 0.579. The first-order chi connectivity index (χ1) is 10.4. The number of carbonyl (C=O) groups is 2. The molecule has 2 rings (SSSR count). The maximum absolute atomic E-state index is 12.9. The molecular formula is C19H26O3. The summed E-state index contributed by atoms with van der Waals surface area (Å²) in [6.07, 6.45) is 3.45. The maximum atomic E-state index is 12.9. The van der Waals surface area contributed by atoms with E-state index in [2.05, 4.69) is 19.1 Å². The van der Waals surface area contributed by atoms with Gasteiger partial charge in [0.2, 0.25) is 0 Å². The summed E-state index contributed by atoms with van der Waals surface area (Å²) in [6, 6.07) is 4.20. The average molecular weight is 302 g/mol. The number of esters is 1. The third kappa shape index (κ3) is 3.08.